The number of carbonyl (C=O) groups excluding carboxylic acids is 3. The Kier molecular flexibility index (Phi) is 14.7. The van der Waals surface area contributed by atoms with Crippen LogP contribution in [0, 0.1) is 0 Å². The number of rotatable bonds is 16. The van der Waals surface area contributed by atoms with Crippen molar-refractivity contribution in [3.8, 4) is 0 Å². The Balaban J connectivity index is 5.15. The average Bonchev–Trinajstić information content (AvgIpc) is 2.74. The Morgan fingerprint density at radius 3 is 1.82 bits per heavy atom. The van der Waals surface area contributed by atoms with Crippen molar-refractivity contribution in [2.24, 2.45) is 22.2 Å². The first-order valence-corrected chi connectivity index (χ1v) is 11.1. The van der Waals surface area contributed by atoms with Crippen molar-refractivity contribution in [2.45, 2.75) is 49.9 Å². The number of amides is 3. The molecule has 0 heterocycles. The molecule has 4 atom stereocenters. The van der Waals surface area contributed by atoms with Gasteiger partial charge in [0.05, 0.1) is 6.04 Å². The summed E-state index contributed by atoms with van der Waals surface area (Å²) in [6.07, 6.45) is -0.145. The van der Waals surface area contributed by atoms with E-state index in [0.717, 1.165) is 0 Å². The van der Waals surface area contributed by atoms with E-state index in [1.807, 2.05) is 0 Å². The Morgan fingerprint density at radius 2 is 1.33 bits per heavy atom. The van der Waals surface area contributed by atoms with Gasteiger partial charge in [0.25, 0.3) is 0 Å². The van der Waals surface area contributed by atoms with Gasteiger partial charge in [-0.2, -0.15) is 25.3 Å². The normalized spacial score (nSPS) is 14.2. The van der Waals surface area contributed by atoms with Crippen LogP contribution in [0.25, 0.3) is 0 Å². The van der Waals surface area contributed by atoms with Gasteiger partial charge in [0.2, 0.25) is 17.7 Å². The molecule has 0 aliphatic heterocycles. The van der Waals surface area contributed by atoms with Crippen LogP contribution in [0.5, 0.6) is 0 Å². The fourth-order valence-corrected chi connectivity index (χ4v) is 2.89. The lowest BCUT2D eigenvalue weighted by molar-refractivity contribution is -0.141. The zero-order chi connectivity index (χ0) is 25.6. The maximum atomic E-state index is 12.7. The lowest BCUT2D eigenvalue weighted by Gasteiger charge is -2.24. The average molecular weight is 510 g/mol. The molecule has 0 rings (SSSR count). The molecule has 33 heavy (non-hydrogen) atoms. The number of nitrogens with two attached hydrogens (primary N) is 3. The molecule has 0 aromatic rings. The van der Waals surface area contributed by atoms with Crippen molar-refractivity contribution in [3.05, 3.63) is 0 Å². The van der Waals surface area contributed by atoms with Crippen molar-refractivity contribution >= 4 is 60.9 Å². The van der Waals surface area contributed by atoms with Crippen LogP contribution in [-0.4, -0.2) is 88.1 Å². The molecule has 0 radical (unpaired) electrons. The second-order valence-corrected chi connectivity index (χ2v) is 7.60. The number of nitrogens with one attached hydrogen (secondary N) is 3. The Labute approximate surface area is 201 Å². The van der Waals surface area contributed by atoms with Gasteiger partial charge in [0, 0.05) is 24.5 Å². The Bertz CT molecular complexity index is 735. The smallest absolute Gasteiger partial charge is 0.327 e. The topological polar surface area (TPSA) is 252 Å². The summed E-state index contributed by atoms with van der Waals surface area (Å²) < 4.78 is 0. The van der Waals surface area contributed by atoms with Gasteiger partial charge >= 0.3 is 11.9 Å². The van der Waals surface area contributed by atoms with E-state index >= 15 is 0 Å². The molecule has 0 fully saturated rings. The van der Waals surface area contributed by atoms with Gasteiger partial charge in [0.1, 0.15) is 18.1 Å². The van der Waals surface area contributed by atoms with Crippen LogP contribution in [0.4, 0.5) is 0 Å². The third kappa shape index (κ3) is 12.8. The van der Waals surface area contributed by atoms with Crippen molar-refractivity contribution in [3.63, 3.8) is 0 Å². The summed E-state index contributed by atoms with van der Waals surface area (Å²) in [5.74, 6) is -5.41. The van der Waals surface area contributed by atoms with E-state index in [2.05, 4.69) is 46.2 Å². The van der Waals surface area contributed by atoms with Gasteiger partial charge in [0.15, 0.2) is 5.96 Å². The van der Waals surface area contributed by atoms with Gasteiger partial charge in [-0.05, 0) is 19.3 Å². The Morgan fingerprint density at radius 1 is 0.818 bits per heavy atom. The third-order valence-corrected chi connectivity index (χ3v) is 4.93. The van der Waals surface area contributed by atoms with Crippen molar-refractivity contribution < 1.29 is 34.2 Å². The standard InChI is InChI=1S/C17H31N7O7S2/c18-8(2-1-5-21-17(19)20)13(27)22-9(3-4-12(25)26)14(28)23-10(6-32)15(29)24-11(7-33)16(30)31/h8-11,32-33H,1-7,18H2,(H,22,27)(H,23,28)(H,24,29)(H,25,26)(H,30,31)(H4,19,20,21). The van der Waals surface area contributed by atoms with Gasteiger partial charge in [-0.1, -0.05) is 0 Å². The maximum absolute atomic E-state index is 12.7. The predicted molar refractivity (Wildman–Crippen MR) is 126 cm³/mol. The molecule has 11 N–H and O–H groups in total. The van der Waals surface area contributed by atoms with Crippen molar-refractivity contribution in [1.29, 1.82) is 0 Å². The number of carboxylic acids is 2. The van der Waals surface area contributed by atoms with E-state index in [1.54, 1.807) is 0 Å². The van der Waals surface area contributed by atoms with Crippen LogP contribution >= 0.6 is 25.3 Å². The van der Waals surface area contributed by atoms with Gasteiger partial charge in [-0.25, -0.2) is 4.79 Å². The molecule has 3 amide bonds. The molecule has 0 aromatic carbocycles. The molecule has 0 saturated carbocycles. The fraction of sp³-hybridized carbons (Fsp3) is 0.647. The minimum atomic E-state index is -1.32. The SMILES string of the molecule is NC(N)=NCCCC(N)C(=O)NC(CCC(=O)O)C(=O)NC(CS)C(=O)NC(CS)C(=O)O. The van der Waals surface area contributed by atoms with Gasteiger partial charge in [-0.3, -0.25) is 24.2 Å². The van der Waals surface area contributed by atoms with Crippen LogP contribution in [0.1, 0.15) is 25.7 Å². The second-order valence-electron chi connectivity index (χ2n) is 6.87. The molecule has 0 bridgehead atoms. The van der Waals surface area contributed by atoms with E-state index in [9.17, 15) is 24.0 Å². The molecular formula is C17H31N7O7S2. The number of carboxylic acid groups (broad SMARTS) is 2. The number of thiol groups is 2. The van der Waals surface area contributed by atoms with Crippen molar-refractivity contribution in [2.75, 3.05) is 18.1 Å². The number of aliphatic carboxylic acids is 2. The fourth-order valence-electron chi connectivity index (χ4n) is 2.39. The van der Waals surface area contributed by atoms with Crippen LogP contribution in [0.3, 0.4) is 0 Å². The lowest BCUT2D eigenvalue weighted by Crippen LogP contribution is -2.57. The molecule has 188 valence electrons. The van der Waals surface area contributed by atoms with Crippen LogP contribution in [0.15, 0.2) is 4.99 Å². The van der Waals surface area contributed by atoms with Crippen LogP contribution < -0.4 is 33.2 Å². The largest absolute Gasteiger partial charge is 0.481 e. The highest BCUT2D eigenvalue weighted by molar-refractivity contribution is 7.80. The van der Waals surface area contributed by atoms with E-state index < -0.39 is 60.2 Å². The number of nitrogens with zero attached hydrogens (tertiary/aromatic N) is 1. The number of carbonyl (C=O) groups is 5. The second kappa shape index (κ2) is 16.0. The molecule has 16 heteroatoms. The first kappa shape index (κ1) is 30.3. The highest BCUT2D eigenvalue weighted by Gasteiger charge is 2.29. The molecule has 0 aliphatic rings. The zero-order valence-electron chi connectivity index (χ0n) is 17.8. The monoisotopic (exact) mass is 509 g/mol. The van der Waals surface area contributed by atoms with E-state index in [0.29, 0.717) is 6.42 Å². The van der Waals surface area contributed by atoms with E-state index in [1.165, 1.54) is 0 Å². The van der Waals surface area contributed by atoms with Crippen molar-refractivity contribution in [1.82, 2.24) is 16.0 Å². The molecule has 4 unspecified atom stereocenters. The first-order valence-electron chi connectivity index (χ1n) is 9.81. The summed E-state index contributed by atoms with van der Waals surface area (Å²) in [6.45, 7) is 0.245. The summed E-state index contributed by atoms with van der Waals surface area (Å²) in [5, 5.41) is 24.8. The maximum Gasteiger partial charge on any atom is 0.327 e. The third-order valence-electron chi connectivity index (χ3n) is 4.20. The number of hydrogen-bond donors (Lipinski definition) is 10. The summed E-state index contributed by atoms with van der Waals surface area (Å²) >= 11 is 7.82. The highest BCUT2D eigenvalue weighted by atomic mass is 32.1. The quantitative estimate of drug-likeness (QED) is 0.0427. The number of hydrogen-bond acceptors (Lipinski definition) is 9. The minimum absolute atomic E-state index is 0.106. The van der Waals surface area contributed by atoms with E-state index in [-0.39, 0.29) is 36.9 Å². The zero-order valence-corrected chi connectivity index (χ0v) is 19.6. The summed E-state index contributed by atoms with van der Waals surface area (Å²) in [4.78, 5) is 63.1. The van der Waals surface area contributed by atoms with E-state index in [4.69, 9.17) is 27.4 Å². The minimum Gasteiger partial charge on any atom is -0.481 e. The number of aliphatic imine (C=N–C) groups is 1. The van der Waals surface area contributed by atoms with Crippen LogP contribution in [0.2, 0.25) is 0 Å². The van der Waals surface area contributed by atoms with Gasteiger partial charge < -0.3 is 43.4 Å². The number of guanidine groups is 1. The lowest BCUT2D eigenvalue weighted by atomic mass is 10.1. The molecule has 14 nitrogen and oxygen atoms in total. The van der Waals surface area contributed by atoms with Crippen LogP contribution in [-0.2, 0) is 24.0 Å². The first-order chi connectivity index (χ1) is 15.4. The predicted octanol–water partition coefficient (Wildman–Crippen LogP) is -3.37. The summed E-state index contributed by atoms with van der Waals surface area (Å²) in [7, 11) is 0. The molecule has 0 saturated heterocycles. The molecular weight excluding hydrogens is 478 g/mol. The molecule has 0 aliphatic carbocycles. The summed E-state index contributed by atoms with van der Waals surface area (Å²) in [5.41, 5.74) is 16.2. The van der Waals surface area contributed by atoms with Gasteiger partial charge in [-0.15, -0.1) is 0 Å². The molecule has 0 spiro atoms. The highest BCUT2D eigenvalue weighted by Crippen LogP contribution is 2.03. The summed E-state index contributed by atoms with van der Waals surface area (Å²) in [6, 6.07) is -4.87. The Hall–Kier alpha value is -2.72. The molecule has 0 aromatic heterocycles.